The second-order valence-corrected chi connectivity index (χ2v) is 6.79. The fourth-order valence-corrected chi connectivity index (χ4v) is 4.01. The maximum absolute atomic E-state index is 5.84. The molecule has 3 fully saturated rings. The minimum Gasteiger partial charge on any atom is -0.363 e. The normalized spacial score (nSPS) is 30.6. The molecule has 4 nitrogen and oxygen atoms in total. The van der Waals surface area contributed by atoms with E-state index in [0.29, 0.717) is 19.8 Å². The fraction of sp³-hybridized carbons (Fsp3) is 0.429. The van der Waals surface area contributed by atoms with Crippen molar-refractivity contribution in [2.24, 2.45) is 0 Å². The third-order valence-corrected chi connectivity index (χ3v) is 5.42. The van der Waals surface area contributed by atoms with Crippen LogP contribution in [0.15, 0.2) is 30.3 Å². The van der Waals surface area contributed by atoms with Gasteiger partial charge in [0, 0.05) is 25.2 Å². The molecule has 0 amide bonds. The second kappa shape index (κ2) is 5.86. The van der Waals surface area contributed by atoms with Gasteiger partial charge in [-0.25, -0.2) is 0 Å². The summed E-state index contributed by atoms with van der Waals surface area (Å²) in [5.74, 6) is 3.13. The van der Waals surface area contributed by atoms with E-state index in [1.54, 1.807) is 0 Å². The van der Waals surface area contributed by atoms with Crippen LogP contribution in [-0.4, -0.2) is 53.2 Å². The molecule has 100 valence electrons. The number of benzene rings is 1. The van der Waals surface area contributed by atoms with Crippen molar-refractivity contribution < 1.29 is 13.3 Å². The van der Waals surface area contributed by atoms with Crippen LogP contribution in [0.5, 0.6) is 0 Å². The van der Waals surface area contributed by atoms with Gasteiger partial charge < -0.3 is 13.3 Å². The van der Waals surface area contributed by atoms with E-state index in [-0.39, 0.29) is 0 Å². The Morgan fingerprint density at radius 2 is 1.47 bits per heavy atom. The number of fused-ring (bicyclic) bond motifs is 6. The molecule has 0 unspecified atom stereocenters. The Balaban J connectivity index is 1.81. The first-order valence-electron chi connectivity index (χ1n) is 6.59. The number of nitrogens with zero attached hydrogens (tertiary/aromatic N) is 1. The second-order valence-electron chi connectivity index (χ2n) is 4.56. The molecule has 1 aromatic carbocycles. The van der Waals surface area contributed by atoms with E-state index in [4.69, 9.17) is 13.3 Å². The van der Waals surface area contributed by atoms with Crippen molar-refractivity contribution in [2.75, 3.05) is 39.5 Å². The van der Waals surface area contributed by atoms with E-state index in [2.05, 4.69) is 16.4 Å². The predicted molar refractivity (Wildman–Crippen MR) is 73.4 cm³/mol. The minimum atomic E-state index is -2.80. The lowest BCUT2D eigenvalue weighted by molar-refractivity contribution is 0.00214. The molecule has 5 heteroatoms. The topological polar surface area (TPSA) is 30.9 Å². The summed E-state index contributed by atoms with van der Waals surface area (Å²) in [5.41, 5.74) is 4.11. The van der Waals surface area contributed by atoms with Gasteiger partial charge in [-0.2, -0.15) is 0 Å². The lowest BCUT2D eigenvalue weighted by Gasteiger charge is -2.35. The highest BCUT2D eigenvalue weighted by atomic mass is 28.4. The van der Waals surface area contributed by atoms with Gasteiger partial charge in [-0.1, -0.05) is 24.1 Å². The van der Waals surface area contributed by atoms with Gasteiger partial charge >= 0.3 is 8.80 Å². The largest absolute Gasteiger partial charge is 0.592 e. The minimum absolute atomic E-state index is 0.635. The van der Waals surface area contributed by atoms with Crippen molar-refractivity contribution in [1.29, 1.82) is 0 Å². The highest BCUT2D eigenvalue weighted by Crippen LogP contribution is 2.15. The highest BCUT2D eigenvalue weighted by molar-refractivity contribution is 6.69. The molecule has 0 aromatic heterocycles. The van der Waals surface area contributed by atoms with Crippen LogP contribution >= 0.6 is 0 Å². The molecule has 2 bridgehead atoms. The van der Waals surface area contributed by atoms with Gasteiger partial charge in [-0.05, 0) is 17.7 Å². The molecule has 19 heavy (non-hydrogen) atoms. The molecular formula is C14H17NO3Si. The van der Waals surface area contributed by atoms with Crippen molar-refractivity contribution in [3.63, 3.8) is 0 Å². The van der Waals surface area contributed by atoms with Crippen LogP contribution in [-0.2, 0) is 13.3 Å². The average Bonchev–Trinajstić information content (AvgIpc) is 2.37. The van der Waals surface area contributed by atoms with E-state index in [1.807, 2.05) is 30.3 Å². The summed E-state index contributed by atoms with van der Waals surface area (Å²) in [6.07, 6.45) is 0. The zero-order valence-corrected chi connectivity index (χ0v) is 11.8. The average molecular weight is 275 g/mol. The zero-order valence-electron chi connectivity index (χ0n) is 10.8. The lowest BCUT2D eigenvalue weighted by Crippen LogP contribution is -2.54. The Hall–Kier alpha value is -1.16. The van der Waals surface area contributed by atoms with E-state index in [1.165, 1.54) is 0 Å². The zero-order chi connectivity index (χ0) is 13.0. The summed E-state index contributed by atoms with van der Waals surface area (Å²) < 4.78 is 17.5. The van der Waals surface area contributed by atoms with Crippen molar-refractivity contribution >= 4 is 8.80 Å². The number of hydrogen-bond donors (Lipinski definition) is 0. The smallest absolute Gasteiger partial charge is 0.363 e. The van der Waals surface area contributed by atoms with Gasteiger partial charge in [-0.3, -0.25) is 4.90 Å². The molecule has 3 aliphatic heterocycles. The van der Waals surface area contributed by atoms with Crippen LogP contribution in [0.2, 0.25) is 0 Å². The molecule has 4 rings (SSSR count). The van der Waals surface area contributed by atoms with E-state index in [0.717, 1.165) is 25.2 Å². The number of hydrogen-bond acceptors (Lipinski definition) is 4. The standard InChI is InChI=1S/C14H17NO3Si/c1-2-4-14(5-3-1)6-13-19-16-10-7-15(8-11-17-19)9-12-18-19/h1-5H,7-12H2. The Bertz CT molecular complexity index is 456. The first-order chi connectivity index (χ1) is 9.36. The third kappa shape index (κ3) is 3.24. The van der Waals surface area contributed by atoms with Gasteiger partial charge in [-0.15, -0.1) is 0 Å². The molecule has 0 saturated carbocycles. The van der Waals surface area contributed by atoms with Gasteiger partial charge in [0.25, 0.3) is 0 Å². The van der Waals surface area contributed by atoms with E-state index >= 15 is 0 Å². The summed E-state index contributed by atoms with van der Waals surface area (Å²) in [4.78, 5) is 2.29. The van der Waals surface area contributed by atoms with Crippen LogP contribution in [0.4, 0.5) is 0 Å². The van der Waals surface area contributed by atoms with Gasteiger partial charge in [0.05, 0.1) is 19.8 Å². The molecule has 3 heterocycles. The molecule has 3 saturated heterocycles. The molecule has 0 radical (unpaired) electrons. The summed E-state index contributed by atoms with van der Waals surface area (Å²) in [6.45, 7) is 4.72. The van der Waals surface area contributed by atoms with Crippen LogP contribution < -0.4 is 0 Å². The van der Waals surface area contributed by atoms with Crippen molar-refractivity contribution in [1.82, 2.24) is 4.90 Å². The van der Waals surface area contributed by atoms with Gasteiger partial charge in [0.2, 0.25) is 0 Å². The summed E-state index contributed by atoms with van der Waals surface area (Å²) in [6, 6.07) is 9.88. The Labute approximate surface area is 114 Å². The Kier molecular flexibility index (Phi) is 3.97. The number of rotatable bonds is 0. The monoisotopic (exact) mass is 275 g/mol. The van der Waals surface area contributed by atoms with Crippen LogP contribution in [0.25, 0.3) is 0 Å². The molecule has 0 spiro atoms. The third-order valence-electron chi connectivity index (χ3n) is 3.23. The van der Waals surface area contributed by atoms with Crippen LogP contribution in [0.3, 0.4) is 0 Å². The predicted octanol–water partition coefficient (Wildman–Crippen LogP) is 0.895. The summed E-state index contributed by atoms with van der Waals surface area (Å²) >= 11 is 0. The van der Waals surface area contributed by atoms with Crippen LogP contribution in [0, 0.1) is 11.5 Å². The van der Waals surface area contributed by atoms with Crippen molar-refractivity contribution in [3.05, 3.63) is 35.9 Å². The molecular weight excluding hydrogens is 258 g/mol. The van der Waals surface area contributed by atoms with Gasteiger partial charge in [0.1, 0.15) is 0 Å². The SMILES string of the molecule is C(#C[Si]12OCCN(CCO1)CCO2)c1ccccc1. The molecule has 1 aromatic rings. The molecule has 0 N–H and O–H groups in total. The van der Waals surface area contributed by atoms with E-state index in [9.17, 15) is 0 Å². The molecule has 0 aliphatic carbocycles. The van der Waals surface area contributed by atoms with E-state index < -0.39 is 8.80 Å². The Morgan fingerprint density at radius 1 is 0.895 bits per heavy atom. The van der Waals surface area contributed by atoms with Crippen molar-refractivity contribution in [3.8, 4) is 11.5 Å². The summed E-state index contributed by atoms with van der Waals surface area (Å²) in [7, 11) is -2.80. The first kappa shape index (κ1) is 12.8. The van der Waals surface area contributed by atoms with Gasteiger partial charge in [0.15, 0.2) is 0 Å². The summed E-state index contributed by atoms with van der Waals surface area (Å²) in [5, 5.41) is 0. The maximum Gasteiger partial charge on any atom is 0.592 e. The van der Waals surface area contributed by atoms with Crippen molar-refractivity contribution in [2.45, 2.75) is 0 Å². The first-order valence-corrected chi connectivity index (χ1v) is 8.31. The van der Waals surface area contributed by atoms with Crippen LogP contribution in [0.1, 0.15) is 5.56 Å². The Morgan fingerprint density at radius 3 is 2.05 bits per heavy atom. The molecule has 3 aliphatic rings. The maximum atomic E-state index is 5.84. The quantitative estimate of drug-likeness (QED) is 0.520. The fourth-order valence-electron chi connectivity index (χ4n) is 2.17. The molecule has 0 atom stereocenters. The highest BCUT2D eigenvalue weighted by Gasteiger charge is 2.43. The lowest BCUT2D eigenvalue weighted by atomic mass is 10.2.